The second-order valence-corrected chi connectivity index (χ2v) is 12.0. The minimum Gasteiger partial charge on any atom is -0.477 e. The average Bonchev–Trinajstić information content (AvgIpc) is 3.62. The molecule has 2 aromatic heterocycles. The van der Waals surface area contributed by atoms with E-state index in [9.17, 15) is 13.2 Å². The number of thiazole rings is 1. The molecule has 12 nitrogen and oxygen atoms in total. The zero-order valence-corrected chi connectivity index (χ0v) is 24.0. The van der Waals surface area contributed by atoms with Crippen molar-refractivity contribution < 1.29 is 31.7 Å². The van der Waals surface area contributed by atoms with Crippen LogP contribution in [0.5, 0.6) is 17.5 Å². The van der Waals surface area contributed by atoms with Gasteiger partial charge in [0.15, 0.2) is 18.5 Å². The minimum atomic E-state index is -3.75. The Kier molecular flexibility index (Phi) is 8.38. The molecule has 0 spiro atoms. The van der Waals surface area contributed by atoms with E-state index < -0.39 is 16.2 Å². The number of carbonyl (C=O) groups excluding carboxylic acids is 1. The van der Waals surface area contributed by atoms with E-state index in [0.29, 0.717) is 41.5 Å². The lowest BCUT2D eigenvalue weighted by Crippen LogP contribution is -2.40. The molecule has 4 heterocycles. The Balaban J connectivity index is 1.16. The van der Waals surface area contributed by atoms with Gasteiger partial charge in [-0.15, -0.1) is 11.3 Å². The van der Waals surface area contributed by atoms with Crippen LogP contribution in [0.4, 0.5) is 0 Å². The van der Waals surface area contributed by atoms with Crippen molar-refractivity contribution in [2.75, 3.05) is 33.1 Å². The van der Waals surface area contributed by atoms with E-state index in [1.807, 2.05) is 5.38 Å². The van der Waals surface area contributed by atoms with Gasteiger partial charge in [0.25, 0.3) is 17.7 Å². The molecule has 1 saturated heterocycles. The Morgan fingerprint density at radius 3 is 2.67 bits per heavy atom. The second kappa shape index (κ2) is 11.9. The Bertz CT molecular complexity index is 1520. The smallest absolute Gasteiger partial charge is 0.306 e. The maximum atomic E-state index is 12.7. The van der Waals surface area contributed by atoms with Crippen LogP contribution < -0.4 is 13.7 Å². The Hall–Kier alpha value is -3.49. The first-order chi connectivity index (χ1) is 19.2. The van der Waals surface area contributed by atoms with Crippen molar-refractivity contribution >= 4 is 44.7 Å². The first-order valence-electron chi connectivity index (χ1n) is 12.3. The third-order valence-corrected chi connectivity index (χ3v) is 8.24. The van der Waals surface area contributed by atoms with E-state index in [2.05, 4.69) is 15.1 Å². The number of likely N-dealkylation sites (tertiary alicyclic amines) is 1. The SMILES string of the molecule is COc1nccnc1OCC(=O)N1CCC(c2nc(C3=NOC(c4c(Cl)cccc4OS(C)(=O)=O)C3)cs2)CC1. The maximum absolute atomic E-state index is 12.7. The van der Waals surface area contributed by atoms with Crippen LogP contribution in [0.15, 0.2) is 41.1 Å². The molecule has 1 atom stereocenters. The van der Waals surface area contributed by atoms with E-state index in [0.717, 1.165) is 24.1 Å². The first-order valence-corrected chi connectivity index (χ1v) is 15.4. The Labute approximate surface area is 240 Å². The monoisotopic (exact) mass is 607 g/mol. The number of ether oxygens (including phenoxy) is 2. The largest absolute Gasteiger partial charge is 0.477 e. The molecule has 2 aliphatic heterocycles. The van der Waals surface area contributed by atoms with Crippen LogP contribution in [-0.4, -0.2) is 73.0 Å². The van der Waals surface area contributed by atoms with E-state index >= 15 is 0 Å². The third-order valence-electron chi connectivity index (χ3n) is 6.42. The van der Waals surface area contributed by atoms with Gasteiger partial charge in [-0.25, -0.2) is 15.0 Å². The van der Waals surface area contributed by atoms with Crippen LogP contribution in [0, 0.1) is 0 Å². The summed E-state index contributed by atoms with van der Waals surface area (Å²) in [6.45, 7) is 1.02. The molecule has 15 heteroatoms. The van der Waals surface area contributed by atoms with Crippen LogP contribution in [0.3, 0.4) is 0 Å². The lowest BCUT2D eigenvalue weighted by atomic mass is 9.97. The molecule has 212 valence electrons. The number of methoxy groups -OCH3 is 1. The van der Waals surface area contributed by atoms with Crippen LogP contribution >= 0.6 is 22.9 Å². The van der Waals surface area contributed by atoms with Gasteiger partial charge in [-0.3, -0.25) is 4.79 Å². The summed E-state index contributed by atoms with van der Waals surface area (Å²) >= 11 is 7.91. The summed E-state index contributed by atoms with van der Waals surface area (Å²) < 4.78 is 39.2. The molecule has 0 bridgehead atoms. The molecule has 0 radical (unpaired) electrons. The van der Waals surface area contributed by atoms with Crippen molar-refractivity contribution in [1.29, 1.82) is 0 Å². The maximum Gasteiger partial charge on any atom is 0.306 e. The molecule has 0 aliphatic carbocycles. The predicted octanol–water partition coefficient (Wildman–Crippen LogP) is 3.58. The van der Waals surface area contributed by atoms with E-state index in [1.165, 1.54) is 25.6 Å². The van der Waals surface area contributed by atoms with Crippen LogP contribution in [0.25, 0.3) is 0 Å². The van der Waals surface area contributed by atoms with E-state index in [-0.39, 0.29) is 35.9 Å². The molecule has 3 aromatic rings. The Morgan fingerprint density at radius 1 is 1.20 bits per heavy atom. The number of rotatable bonds is 9. The number of aromatic nitrogens is 3. The third kappa shape index (κ3) is 6.45. The quantitative estimate of drug-likeness (QED) is 0.331. The van der Waals surface area contributed by atoms with Gasteiger partial charge < -0.3 is 23.4 Å². The number of amides is 1. The molecule has 1 amide bonds. The summed E-state index contributed by atoms with van der Waals surface area (Å²) in [6, 6.07) is 4.78. The van der Waals surface area contributed by atoms with Gasteiger partial charge in [0.1, 0.15) is 5.71 Å². The van der Waals surface area contributed by atoms with Crippen molar-refractivity contribution in [1.82, 2.24) is 19.9 Å². The summed E-state index contributed by atoms with van der Waals surface area (Å²) in [5.41, 5.74) is 1.76. The summed E-state index contributed by atoms with van der Waals surface area (Å²) in [7, 11) is -2.29. The molecule has 5 rings (SSSR count). The number of carbonyl (C=O) groups is 1. The molecule has 1 fully saturated rings. The predicted molar refractivity (Wildman–Crippen MR) is 147 cm³/mol. The number of hydrogen-bond acceptors (Lipinski definition) is 12. The zero-order valence-electron chi connectivity index (χ0n) is 21.6. The number of halogens is 1. The van der Waals surface area contributed by atoms with Gasteiger partial charge in [0, 0.05) is 43.2 Å². The van der Waals surface area contributed by atoms with Crippen LogP contribution in [0.1, 0.15) is 47.5 Å². The van der Waals surface area contributed by atoms with Gasteiger partial charge in [0.2, 0.25) is 0 Å². The molecular weight excluding hydrogens is 582 g/mol. The van der Waals surface area contributed by atoms with Crippen molar-refractivity contribution in [2.24, 2.45) is 5.16 Å². The van der Waals surface area contributed by atoms with Crippen molar-refractivity contribution in [3.8, 4) is 17.5 Å². The highest BCUT2D eigenvalue weighted by Gasteiger charge is 2.32. The van der Waals surface area contributed by atoms with Gasteiger partial charge in [-0.2, -0.15) is 8.42 Å². The van der Waals surface area contributed by atoms with Crippen molar-refractivity contribution in [2.45, 2.75) is 31.3 Å². The van der Waals surface area contributed by atoms with Crippen molar-refractivity contribution in [3.63, 3.8) is 0 Å². The highest BCUT2D eigenvalue weighted by atomic mass is 35.5. The standard InChI is InChI=1S/C25H26ClN5O7S2/c1-35-23-24(28-9-8-27-23)36-13-21(32)31-10-6-15(7-11-31)25-29-18(14-39-25)17-12-20(37-30-17)22-16(26)4-3-5-19(22)38-40(2,33)34/h3-5,8-9,14-15,20H,6-7,10-13H2,1-2H3. The van der Waals surface area contributed by atoms with Crippen LogP contribution in [0.2, 0.25) is 5.02 Å². The molecule has 2 aliphatic rings. The van der Waals surface area contributed by atoms with Crippen LogP contribution in [-0.2, 0) is 19.8 Å². The lowest BCUT2D eigenvalue weighted by Gasteiger charge is -2.31. The highest BCUT2D eigenvalue weighted by molar-refractivity contribution is 7.86. The zero-order chi connectivity index (χ0) is 28.3. The fourth-order valence-corrected chi connectivity index (χ4v) is 6.26. The molecule has 0 saturated carbocycles. The summed E-state index contributed by atoms with van der Waals surface area (Å²) in [6.07, 6.45) is 5.21. The van der Waals surface area contributed by atoms with Gasteiger partial charge in [-0.1, -0.05) is 22.8 Å². The van der Waals surface area contributed by atoms with Gasteiger partial charge in [0.05, 0.1) is 34.7 Å². The fourth-order valence-electron chi connectivity index (χ4n) is 4.51. The fraction of sp³-hybridized carbons (Fsp3) is 0.400. The number of nitrogens with zero attached hydrogens (tertiary/aromatic N) is 5. The first kappa shape index (κ1) is 28.1. The topological polar surface area (TPSA) is 142 Å². The summed E-state index contributed by atoms with van der Waals surface area (Å²) in [4.78, 5) is 33.0. The number of hydrogen-bond donors (Lipinski definition) is 0. The van der Waals surface area contributed by atoms with Gasteiger partial charge >= 0.3 is 10.1 Å². The number of piperidine rings is 1. The van der Waals surface area contributed by atoms with Gasteiger partial charge in [-0.05, 0) is 25.0 Å². The molecular formula is C25H26ClN5O7S2. The van der Waals surface area contributed by atoms with E-state index in [1.54, 1.807) is 28.4 Å². The lowest BCUT2D eigenvalue weighted by molar-refractivity contribution is -0.134. The highest BCUT2D eigenvalue weighted by Crippen LogP contribution is 2.40. The molecule has 40 heavy (non-hydrogen) atoms. The minimum absolute atomic E-state index is 0.109. The summed E-state index contributed by atoms with van der Waals surface area (Å²) in [5.74, 6) is 0.595. The number of oxime groups is 1. The molecule has 1 aromatic carbocycles. The normalized spacial score (nSPS) is 17.7. The Morgan fingerprint density at radius 2 is 1.95 bits per heavy atom. The molecule has 1 unspecified atom stereocenters. The van der Waals surface area contributed by atoms with Crippen molar-refractivity contribution in [3.05, 3.63) is 57.3 Å². The molecule has 0 N–H and O–H groups in total. The summed E-state index contributed by atoms with van der Waals surface area (Å²) in [5, 5.41) is 7.43. The van der Waals surface area contributed by atoms with E-state index in [4.69, 9.17) is 35.1 Å². The second-order valence-electron chi connectivity index (χ2n) is 9.16. The number of benzene rings is 1. The average molecular weight is 608 g/mol.